The second-order valence-electron chi connectivity index (χ2n) is 9.78. The number of carbonyl (C=O) groups is 1. The van der Waals surface area contributed by atoms with Crippen LogP contribution in [0.2, 0.25) is 0 Å². The van der Waals surface area contributed by atoms with Crippen LogP contribution in [-0.4, -0.2) is 56.0 Å². The Morgan fingerprint density at radius 1 is 1.12 bits per heavy atom. The van der Waals surface area contributed by atoms with Gasteiger partial charge in [0.15, 0.2) is 0 Å². The number of carboxylic acids is 1. The third-order valence-electron chi connectivity index (χ3n) is 7.04. The lowest BCUT2D eigenvalue weighted by Crippen LogP contribution is -2.40. The molecule has 3 heterocycles. The molecule has 9 nitrogen and oxygen atoms in total. The van der Waals surface area contributed by atoms with E-state index in [0.717, 1.165) is 12.0 Å². The molecule has 12 heteroatoms. The Hall–Kier alpha value is -4.03. The third-order valence-corrected chi connectivity index (χ3v) is 7.04. The van der Waals surface area contributed by atoms with Gasteiger partial charge in [-0.3, -0.25) is 9.69 Å². The van der Waals surface area contributed by atoms with Crippen molar-refractivity contribution in [3.8, 4) is 34.3 Å². The van der Waals surface area contributed by atoms with E-state index in [0.29, 0.717) is 37.1 Å². The molecule has 5 rings (SSSR count). The Labute approximate surface area is 227 Å². The molecule has 2 aromatic heterocycles. The van der Waals surface area contributed by atoms with Crippen molar-refractivity contribution in [2.45, 2.75) is 38.5 Å². The largest absolute Gasteiger partial charge is 0.481 e. The first-order valence-corrected chi connectivity index (χ1v) is 12.9. The number of halogens is 3. The summed E-state index contributed by atoms with van der Waals surface area (Å²) in [6.07, 6.45) is -3.63. The van der Waals surface area contributed by atoms with Crippen LogP contribution >= 0.6 is 0 Å². The zero-order valence-electron chi connectivity index (χ0n) is 21.6. The van der Waals surface area contributed by atoms with Gasteiger partial charge in [-0.2, -0.15) is 18.2 Å². The Balaban J connectivity index is 1.35. The van der Waals surface area contributed by atoms with Gasteiger partial charge in [-0.15, -0.1) is 0 Å². The molecule has 2 N–H and O–H groups in total. The number of rotatable bonds is 8. The molecular weight excluding hydrogens is 529 g/mol. The van der Waals surface area contributed by atoms with Crippen molar-refractivity contribution in [2.75, 3.05) is 19.6 Å². The minimum atomic E-state index is -4.79. The second-order valence-corrected chi connectivity index (χ2v) is 9.78. The highest BCUT2D eigenvalue weighted by Crippen LogP contribution is 2.43. The maximum absolute atomic E-state index is 14.1. The summed E-state index contributed by atoms with van der Waals surface area (Å²) in [5.74, 6) is -2.38. The Kier molecular flexibility index (Phi) is 7.72. The lowest BCUT2D eigenvalue weighted by Gasteiger charge is -2.32. The minimum absolute atomic E-state index is 0.0374. The number of aryl methyl sites for hydroxylation is 1. The number of hydrogen-bond donors (Lipinski definition) is 2. The fraction of sp³-hybridized carbons (Fsp3) is 0.357. The van der Waals surface area contributed by atoms with E-state index in [1.165, 1.54) is 6.07 Å². The SMILES string of the molecule is CCc1cccc(-c2noc(-c3nc(-c4ccc([C@H](O)CN5CCC[C@H](C(=O)O)C5)cc4)no3)c2C(F)(F)F)c1. The van der Waals surface area contributed by atoms with Crippen LogP contribution < -0.4 is 0 Å². The molecule has 2 atom stereocenters. The predicted octanol–water partition coefficient (Wildman–Crippen LogP) is 5.47. The van der Waals surface area contributed by atoms with Gasteiger partial charge in [-0.1, -0.05) is 59.7 Å². The fourth-order valence-corrected chi connectivity index (χ4v) is 4.89. The summed E-state index contributed by atoms with van der Waals surface area (Å²) in [5.41, 5.74) is 0.705. The van der Waals surface area contributed by atoms with E-state index in [9.17, 15) is 28.2 Å². The van der Waals surface area contributed by atoms with Gasteiger partial charge < -0.3 is 19.3 Å². The van der Waals surface area contributed by atoms with Crippen LogP contribution in [0.4, 0.5) is 13.2 Å². The average Bonchev–Trinajstić information content (AvgIpc) is 3.61. The number of aliphatic hydroxyl groups excluding tert-OH is 1. The molecule has 0 aliphatic carbocycles. The Morgan fingerprint density at radius 3 is 2.60 bits per heavy atom. The smallest absolute Gasteiger partial charge is 0.422 e. The first-order chi connectivity index (χ1) is 19.1. The van der Waals surface area contributed by atoms with Crippen molar-refractivity contribution < 1.29 is 37.2 Å². The summed E-state index contributed by atoms with van der Waals surface area (Å²) in [7, 11) is 0. The van der Waals surface area contributed by atoms with Crippen LogP contribution in [0.15, 0.2) is 57.6 Å². The molecule has 4 aromatic rings. The Morgan fingerprint density at radius 2 is 1.90 bits per heavy atom. The molecule has 1 aliphatic rings. The monoisotopic (exact) mass is 556 g/mol. The van der Waals surface area contributed by atoms with Crippen LogP contribution in [0.1, 0.15) is 42.6 Å². The number of aliphatic carboxylic acids is 1. The summed E-state index contributed by atoms with van der Waals surface area (Å²) >= 11 is 0. The molecule has 1 fully saturated rings. The molecule has 2 aromatic carbocycles. The molecule has 40 heavy (non-hydrogen) atoms. The molecule has 0 amide bonds. The zero-order valence-corrected chi connectivity index (χ0v) is 21.6. The van der Waals surface area contributed by atoms with E-state index in [1.54, 1.807) is 36.4 Å². The van der Waals surface area contributed by atoms with Gasteiger partial charge in [-0.05, 0) is 43.0 Å². The number of alkyl halides is 3. The third kappa shape index (κ3) is 5.77. The van der Waals surface area contributed by atoms with E-state index in [2.05, 4.69) is 15.3 Å². The maximum atomic E-state index is 14.1. The standard InChI is InChI=1S/C28H27F3N4O5/c1-2-16-5-3-6-19(13-16)23-22(28(29,30)31)24(39-33-23)26-32-25(34-40-26)18-10-8-17(9-11-18)21(36)15-35-12-4-7-20(14-35)27(37)38/h3,5-6,8-11,13,20-21,36H,2,4,7,12,14-15H2,1H3,(H,37,38)/t20-,21+/m0/s1. The summed E-state index contributed by atoms with van der Waals surface area (Å²) in [4.78, 5) is 17.4. The van der Waals surface area contributed by atoms with Crippen LogP contribution in [0.25, 0.3) is 34.3 Å². The predicted molar refractivity (Wildman–Crippen MR) is 137 cm³/mol. The summed E-state index contributed by atoms with van der Waals surface area (Å²) in [6, 6.07) is 13.2. The Bertz CT molecular complexity index is 1480. The van der Waals surface area contributed by atoms with E-state index >= 15 is 0 Å². The first-order valence-electron chi connectivity index (χ1n) is 12.9. The molecule has 0 spiro atoms. The van der Waals surface area contributed by atoms with Gasteiger partial charge in [0, 0.05) is 24.2 Å². The second kappa shape index (κ2) is 11.2. The molecular formula is C28H27F3N4O5. The normalized spacial score (nSPS) is 17.2. The molecule has 0 saturated carbocycles. The number of carboxylic acid groups (broad SMARTS) is 1. The van der Waals surface area contributed by atoms with Crippen molar-refractivity contribution in [2.24, 2.45) is 5.92 Å². The van der Waals surface area contributed by atoms with E-state index in [-0.39, 0.29) is 23.6 Å². The number of nitrogens with zero attached hydrogens (tertiary/aromatic N) is 4. The van der Waals surface area contributed by atoms with Crippen molar-refractivity contribution in [3.63, 3.8) is 0 Å². The number of piperidine rings is 1. The van der Waals surface area contributed by atoms with Crippen LogP contribution in [0.5, 0.6) is 0 Å². The average molecular weight is 557 g/mol. The van der Waals surface area contributed by atoms with Crippen LogP contribution in [0.3, 0.4) is 0 Å². The van der Waals surface area contributed by atoms with Gasteiger partial charge in [0.2, 0.25) is 11.6 Å². The zero-order chi connectivity index (χ0) is 28.4. The molecule has 0 unspecified atom stereocenters. The lowest BCUT2D eigenvalue weighted by atomic mass is 9.97. The van der Waals surface area contributed by atoms with Gasteiger partial charge in [0.1, 0.15) is 11.3 Å². The van der Waals surface area contributed by atoms with E-state index in [4.69, 9.17) is 9.05 Å². The maximum Gasteiger partial charge on any atom is 0.422 e. The first kappa shape index (κ1) is 27.5. The van der Waals surface area contributed by atoms with Crippen molar-refractivity contribution in [3.05, 3.63) is 65.2 Å². The van der Waals surface area contributed by atoms with Crippen LogP contribution in [-0.2, 0) is 17.4 Å². The minimum Gasteiger partial charge on any atom is -0.481 e. The fourth-order valence-electron chi connectivity index (χ4n) is 4.89. The van der Waals surface area contributed by atoms with Crippen molar-refractivity contribution in [1.29, 1.82) is 0 Å². The number of aromatic nitrogens is 3. The van der Waals surface area contributed by atoms with E-state index in [1.807, 2.05) is 17.9 Å². The van der Waals surface area contributed by atoms with E-state index < -0.39 is 41.4 Å². The summed E-state index contributed by atoms with van der Waals surface area (Å²) < 4.78 is 52.6. The summed E-state index contributed by atoms with van der Waals surface area (Å²) in [5, 5.41) is 27.5. The number of β-amino-alcohol motifs (C(OH)–C–C–N with tert-alkyl or cyclic N) is 1. The number of likely N-dealkylation sites (tertiary alicyclic amines) is 1. The highest BCUT2D eigenvalue weighted by Gasteiger charge is 2.43. The summed E-state index contributed by atoms with van der Waals surface area (Å²) in [6.45, 7) is 3.27. The van der Waals surface area contributed by atoms with Gasteiger partial charge in [0.25, 0.3) is 5.89 Å². The van der Waals surface area contributed by atoms with Crippen molar-refractivity contribution >= 4 is 5.97 Å². The number of benzene rings is 2. The molecule has 0 bridgehead atoms. The number of hydrogen-bond acceptors (Lipinski definition) is 8. The topological polar surface area (TPSA) is 126 Å². The highest BCUT2D eigenvalue weighted by atomic mass is 19.4. The lowest BCUT2D eigenvalue weighted by molar-refractivity contribution is -0.143. The van der Waals surface area contributed by atoms with Gasteiger partial charge in [0.05, 0.1) is 12.0 Å². The van der Waals surface area contributed by atoms with Gasteiger partial charge in [-0.25, -0.2) is 0 Å². The highest BCUT2D eigenvalue weighted by molar-refractivity contribution is 5.72. The molecule has 1 saturated heterocycles. The molecule has 210 valence electrons. The number of aliphatic hydroxyl groups is 1. The molecule has 0 radical (unpaired) electrons. The van der Waals surface area contributed by atoms with Crippen molar-refractivity contribution in [1.82, 2.24) is 20.2 Å². The van der Waals surface area contributed by atoms with Gasteiger partial charge >= 0.3 is 12.1 Å². The van der Waals surface area contributed by atoms with Crippen LogP contribution in [0, 0.1) is 5.92 Å². The quantitative estimate of drug-likeness (QED) is 0.291. The molecule has 1 aliphatic heterocycles.